The third-order valence-electron chi connectivity index (χ3n) is 4.39. The summed E-state index contributed by atoms with van der Waals surface area (Å²) in [6.45, 7) is 4.28. The molecule has 1 aliphatic rings. The molecule has 0 saturated heterocycles. The predicted molar refractivity (Wildman–Crippen MR) is 96.3 cm³/mol. The maximum absolute atomic E-state index is 12.7. The Hall–Kier alpha value is -2.55. The summed E-state index contributed by atoms with van der Waals surface area (Å²) in [4.78, 5) is 12.2. The van der Waals surface area contributed by atoms with E-state index in [-0.39, 0.29) is 12.2 Å². The van der Waals surface area contributed by atoms with Crippen LogP contribution < -0.4 is 0 Å². The molecule has 0 atom stereocenters. The zero-order valence-corrected chi connectivity index (χ0v) is 15.4. The van der Waals surface area contributed by atoms with Gasteiger partial charge in [-0.25, -0.2) is 4.79 Å². The molecule has 0 amide bonds. The molecule has 0 N–H and O–H groups in total. The lowest BCUT2D eigenvalue weighted by molar-refractivity contribution is -0.139. The fraction of sp³-hybridized carbons (Fsp3) is 0.429. The molecule has 0 spiro atoms. The second-order valence-corrected chi connectivity index (χ2v) is 6.93. The van der Waals surface area contributed by atoms with Gasteiger partial charge in [-0.2, -0.15) is 18.4 Å². The van der Waals surface area contributed by atoms with Crippen molar-refractivity contribution in [1.82, 2.24) is 0 Å². The number of hydrogen-bond acceptors (Lipinski definition) is 3. The Morgan fingerprint density at radius 1 is 1.22 bits per heavy atom. The number of ether oxygens (including phenoxy) is 1. The van der Waals surface area contributed by atoms with Crippen LogP contribution in [0, 0.1) is 17.2 Å². The number of alkyl halides is 3. The molecule has 27 heavy (non-hydrogen) atoms. The van der Waals surface area contributed by atoms with E-state index in [4.69, 9.17) is 4.74 Å². The molecule has 1 aliphatic carbocycles. The van der Waals surface area contributed by atoms with E-state index in [9.17, 15) is 23.2 Å². The standard InChI is InChI=1S/C21H22F3NO2/c1-14(2)10-11-27-20(26)19(13-25)17-5-3-4-16(12-17)15-6-8-18(9-7-15)21(22,23)24/h6-9,12,14H,3-5,10-11H2,1-2H3/b19-17+. The number of benzene rings is 1. The van der Waals surface area contributed by atoms with Gasteiger partial charge in [0.1, 0.15) is 11.6 Å². The highest BCUT2D eigenvalue weighted by molar-refractivity contribution is 5.95. The number of hydrogen-bond donors (Lipinski definition) is 0. The average molecular weight is 377 g/mol. The molecule has 0 unspecified atom stereocenters. The van der Waals surface area contributed by atoms with E-state index in [2.05, 4.69) is 0 Å². The minimum atomic E-state index is -4.38. The summed E-state index contributed by atoms with van der Waals surface area (Å²) in [5.41, 5.74) is 1.32. The van der Waals surface area contributed by atoms with Gasteiger partial charge in [-0.15, -0.1) is 0 Å². The second kappa shape index (κ2) is 8.90. The van der Waals surface area contributed by atoms with Crippen LogP contribution >= 0.6 is 0 Å². The number of nitrogens with zero attached hydrogens (tertiary/aromatic N) is 1. The van der Waals surface area contributed by atoms with E-state index in [0.717, 1.165) is 17.7 Å². The van der Waals surface area contributed by atoms with E-state index in [1.54, 1.807) is 6.08 Å². The lowest BCUT2D eigenvalue weighted by Crippen LogP contribution is -2.12. The van der Waals surface area contributed by atoms with Gasteiger partial charge in [-0.1, -0.05) is 32.1 Å². The Morgan fingerprint density at radius 2 is 1.89 bits per heavy atom. The van der Waals surface area contributed by atoms with Crippen LogP contribution in [0.2, 0.25) is 0 Å². The number of carbonyl (C=O) groups excluding carboxylic acids is 1. The van der Waals surface area contributed by atoms with Crippen molar-refractivity contribution in [1.29, 1.82) is 5.26 Å². The first-order chi connectivity index (χ1) is 12.7. The van der Waals surface area contributed by atoms with Crippen molar-refractivity contribution < 1.29 is 22.7 Å². The van der Waals surface area contributed by atoms with E-state index in [1.807, 2.05) is 19.9 Å². The molecule has 0 aliphatic heterocycles. The maximum atomic E-state index is 12.7. The van der Waals surface area contributed by atoms with Crippen molar-refractivity contribution in [2.45, 2.75) is 45.7 Å². The fourth-order valence-electron chi connectivity index (χ4n) is 2.83. The summed E-state index contributed by atoms with van der Waals surface area (Å²) in [5, 5.41) is 9.38. The van der Waals surface area contributed by atoms with E-state index in [1.165, 1.54) is 12.1 Å². The Morgan fingerprint density at radius 3 is 2.44 bits per heavy atom. The van der Waals surface area contributed by atoms with Crippen LogP contribution in [0.15, 0.2) is 41.5 Å². The van der Waals surface area contributed by atoms with Crippen LogP contribution in [0.4, 0.5) is 13.2 Å². The van der Waals surface area contributed by atoms with Crippen molar-refractivity contribution in [2.75, 3.05) is 6.61 Å². The molecule has 0 heterocycles. The molecule has 0 radical (unpaired) electrons. The number of esters is 1. The minimum absolute atomic E-state index is 0.0251. The first-order valence-corrected chi connectivity index (χ1v) is 8.91. The Labute approximate surface area is 157 Å². The molecule has 144 valence electrons. The van der Waals surface area contributed by atoms with Crippen LogP contribution in [-0.4, -0.2) is 12.6 Å². The SMILES string of the molecule is CC(C)CCOC(=O)/C(C#N)=C1/C=C(c2ccc(C(F)(F)F)cc2)CCC1. The van der Waals surface area contributed by atoms with Crippen LogP contribution in [-0.2, 0) is 15.7 Å². The number of halogens is 3. The Kier molecular flexibility index (Phi) is 6.84. The number of carbonyl (C=O) groups is 1. The minimum Gasteiger partial charge on any atom is -0.462 e. The van der Waals surface area contributed by atoms with Gasteiger partial charge in [0, 0.05) is 0 Å². The monoisotopic (exact) mass is 377 g/mol. The highest BCUT2D eigenvalue weighted by Crippen LogP contribution is 2.34. The fourth-order valence-corrected chi connectivity index (χ4v) is 2.83. The van der Waals surface area contributed by atoms with Gasteiger partial charge in [-0.3, -0.25) is 0 Å². The molecular weight excluding hydrogens is 355 g/mol. The molecule has 2 rings (SSSR count). The number of allylic oxidation sites excluding steroid dienone is 3. The molecule has 1 aromatic carbocycles. The summed E-state index contributed by atoms with van der Waals surface area (Å²) >= 11 is 0. The number of nitriles is 1. The highest BCUT2D eigenvalue weighted by Gasteiger charge is 2.30. The third kappa shape index (κ3) is 5.72. The van der Waals surface area contributed by atoms with Crippen LogP contribution in [0.3, 0.4) is 0 Å². The molecule has 0 saturated carbocycles. The predicted octanol–water partition coefficient (Wildman–Crippen LogP) is 5.68. The first kappa shape index (κ1) is 20.8. The van der Waals surface area contributed by atoms with Gasteiger partial charge >= 0.3 is 12.1 Å². The van der Waals surface area contributed by atoms with Crippen LogP contribution in [0.1, 0.15) is 50.7 Å². The zero-order valence-electron chi connectivity index (χ0n) is 15.4. The molecule has 3 nitrogen and oxygen atoms in total. The van der Waals surface area contributed by atoms with Gasteiger partial charge in [0.05, 0.1) is 12.2 Å². The third-order valence-corrected chi connectivity index (χ3v) is 4.39. The molecule has 0 aromatic heterocycles. The van der Waals surface area contributed by atoms with Crippen LogP contribution in [0.25, 0.3) is 5.57 Å². The molecule has 6 heteroatoms. The topological polar surface area (TPSA) is 50.1 Å². The highest BCUT2D eigenvalue weighted by atomic mass is 19.4. The van der Waals surface area contributed by atoms with Gasteiger partial charge in [-0.05, 0) is 60.4 Å². The normalized spacial score (nSPS) is 16.6. The van der Waals surface area contributed by atoms with Crippen molar-refractivity contribution >= 4 is 11.5 Å². The second-order valence-electron chi connectivity index (χ2n) is 6.93. The smallest absolute Gasteiger partial charge is 0.416 e. The lowest BCUT2D eigenvalue weighted by Gasteiger charge is -2.17. The zero-order chi connectivity index (χ0) is 20.0. The van der Waals surface area contributed by atoms with Gasteiger partial charge < -0.3 is 4.74 Å². The van der Waals surface area contributed by atoms with Crippen molar-refractivity contribution in [3.05, 3.63) is 52.6 Å². The largest absolute Gasteiger partial charge is 0.462 e. The Balaban J connectivity index is 2.23. The van der Waals surface area contributed by atoms with Gasteiger partial charge in [0.2, 0.25) is 0 Å². The molecule has 1 aromatic rings. The van der Waals surface area contributed by atoms with E-state index < -0.39 is 17.7 Å². The van der Waals surface area contributed by atoms with E-state index >= 15 is 0 Å². The van der Waals surface area contributed by atoms with Crippen LogP contribution in [0.5, 0.6) is 0 Å². The summed E-state index contributed by atoms with van der Waals surface area (Å²) in [6.07, 6.45) is 0.0218. The lowest BCUT2D eigenvalue weighted by atomic mass is 9.88. The average Bonchev–Trinajstić information content (AvgIpc) is 2.62. The quantitative estimate of drug-likeness (QED) is 0.377. The van der Waals surface area contributed by atoms with E-state index in [0.29, 0.717) is 42.7 Å². The van der Waals surface area contributed by atoms with Crippen molar-refractivity contribution in [2.24, 2.45) is 5.92 Å². The first-order valence-electron chi connectivity index (χ1n) is 8.91. The molecule has 0 fully saturated rings. The van der Waals surface area contributed by atoms with Gasteiger partial charge in [0.25, 0.3) is 0 Å². The van der Waals surface area contributed by atoms with Gasteiger partial charge in [0.15, 0.2) is 0 Å². The molecular formula is C21H22F3NO2. The van der Waals surface area contributed by atoms with Crippen molar-refractivity contribution in [3.8, 4) is 6.07 Å². The summed E-state index contributed by atoms with van der Waals surface area (Å²) in [7, 11) is 0. The maximum Gasteiger partial charge on any atom is 0.416 e. The Bertz CT molecular complexity index is 781. The summed E-state index contributed by atoms with van der Waals surface area (Å²) < 4.78 is 43.3. The van der Waals surface area contributed by atoms with Crippen molar-refractivity contribution in [3.63, 3.8) is 0 Å². The summed E-state index contributed by atoms with van der Waals surface area (Å²) in [5.74, 6) is -0.255. The number of rotatable bonds is 5. The molecule has 0 bridgehead atoms. The summed E-state index contributed by atoms with van der Waals surface area (Å²) in [6, 6.07) is 6.85.